The van der Waals surface area contributed by atoms with Crippen LogP contribution in [0.15, 0.2) is 41.0 Å². The minimum absolute atomic E-state index is 0.0473. The first kappa shape index (κ1) is 28.6. The van der Waals surface area contributed by atoms with Gasteiger partial charge in [0.15, 0.2) is 22.8 Å². The Bertz CT molecular complexity index is 1340. The number of carbonyl (C=O) groups excluding carboxylic acids is 2. The molecule has 5 atom stereocenters. The normalized spacial score (nSPS) is 29.9. The minimum atomic E-state index is -1.35. The molecule has 7 nitrogen and oxygen atoms in total. The molecule has 40 heavy (non-hydrogen) atoms. The Labute approximate surface area is 237 Å². The quantitative estimate of drug-likeness (QED) is 0.411. The fraction of sp³-hybridized carbons (Fsp3) is 0.576. The lowest BCUT2D eigenvalue weighted by molar-refractivity contribution is -0.171. The van der Waals surface area contributed by atoms with Gasteiger partial charge in [0.25, 0.3) is 0 Å². The summed E-state index contributed by atoms with van der Waals surface area (Å²) in [6, 6.07) is 1.98. The van der Waals surface area contributed by atoms with Gasteiger partial charge >= 0.3 is 0 Å². The minimum Gasteiger partial charge on any atom is -0.507 e. The number of aromatic hydroxyl groups is 2. The molecule has 3 aliphatic carbocycles. The van der Waals surface area contributed by atoms with Crippen LogP contribution in [0.1, 0.15) is 77.7 Å². The lowest BCUT2D eigenvalue weighted by Gasteiger charge is -2.59. The van der Waals surface area contributed by atoms with Gasteiger partial charge in [-0.05, 0) is 67.7 Å². The number of carbonyl (C=O) groups is 2. The molecule has 7 heteroatoms. The van der Waals surface area contributed by atoms with E-state index in [0.29, 0.717) is 25.1 Å². The van der Waals surface area contributed by atoms with Crippen LogP contribution >= 0.6 is 0 Å². The Morgan fingerprint density at radius 2 is 1.73 bits per heavy atom. The van der Waals surface area contributed by atoms with E-state index in [4.69, 9.17) is 9.47 Å². The van der Waals surface area contributed by atoms with E-state index in [-0.39, 0.29) is 70.3 Å². The van der Waals surface area contributed by atoms with Crippen LogP contribution in [0.5, 0.6) is 17.2 Å². The Morgan fingerprint density at radius 3 is 2.33 bits per heavy atom. The molecule has 0 aromatic heterocycles. The molecular weight excluding hydrogens is 506 g/mol. The van der Waals surface area contributed by atoms with E-state index < -0.39 is 17.1 Å². The molecular formula is C33H43NO6. The molecule has 1 saturated carbocycles. The highest BCUT2D eigenvalue weighted by Gasteiger charge is 2.79. The molecule has 0 amide bonds. The van der Waals surface area contributed by atoms with E-state index in [0.717, 1.165) is 11.1 Å². The fourth-order valence-electron chi connectivity index (χ4n) is 7.48. The average Bonchev–Trinajstić information content (AvgIpc) is 3.14. The van der Waals surface area contributed by atoms with Gasteiger partial charge in [-0.2, -0.15) is 0 Å². The summed E-state index contributed by atoms with van der Waals surface area (Å²) >= 11 is 0. The summed E-state index contributed by atoms with van der Waals surface area (Å²) < 4.78 is 13.3. The van der Waals surface area contributed by atoms with Crippen LogP contribution in [-0.4, -0.2) is 63.1 Å². The lowest BCUT2D eigenvalue weighted by Crippen LogP contribution is -2.74. The zero-order valence-electron chi connectivity index (χ0n) is 25.0. The van der Waals surface area contributed by atoms with Crippen LogP contribution in [0.25, 0.3) is 0 Å². The van der Waals surface area contributed by atoms with Crippen molar-refractivity contribution >= 4 is 11.6 Å². The molecule has 216 valence electrons. The van der Waals surface area contributed by atoms with Gasteiger partial charge in [-0.15, -0.1) is 0 Å². The number of phenols is 2. The van der Waals surface area contributed by atoms with Gasteiger partial charge < -0.3 is 19.7 Å². The highest BCUT2D eigenvalue weighted by molar-refractivity contribution is 6.18. The molecule has 6 rings (SSSR count). The van der Waals surface area contributed by atoms with Gasteiger partial charge in [0.05, 0.1) is 6.61 Å². The zero-order valence-corrected chi connectivity index (χ0v) is 25.0. The summed E-state index contributed by atoms with van der Waals surface area (Å²) in [6.07, 6.45) is 6.26. The van der Waals surface area contributed by atoms with Crippen molar-refractivity contribution in [3.8, 4) is 17.2 Å². The predicted molar refractivity (Wildman–Crippen MR) is 154 cm³/mol. The van der Waals surface area contributed by atoms with Gasteiger partial charge in [0, 0.05) is 54.1 Å². The van der Waals surface area contributed by atoms with Crippen molar-refractivity contribution in [3.63, 3.8) is 0 Å². The standard InChI is InChI=1S/C33H43NO6/c1-17(2)9-10-21-26(35)14-27-28(29(21)36)30(37)24-13-22-23(15-34(19(5)6)20(7)8)25-16-39-32(31(22)38,12-11-18(3)4)33(24,25)40-27/h9,11,13-14,19-20,22-23,25,35-36H,10,12,15-16H2,1-8H3/t22-,23+,25-,32?,33-/m1/s1. The number of rotatable bonds is 8. The Kier molecular flexibility index (Phi) is 7.07. The van der Waals surface area contributed by atoms with Crippen molar-refractivity contribution < 1.29 is 29.3 Å². The molecule has 1 aromatic carbocycles. The molecule has 0 radical (unpaired) electrons. The van der Waals surface area contributed by atoms with Crippen molar-refractivity contribution in [1.29, 1.82) is 0 Å². The molecule has 2 heterocycles. The van der Waals surface area contributed by atoms with Gasteiger partial charge in [0.2, 0.25) is 0 Å². The number of hydrogen-bond donors (Lipinski definition) is 2. The third-order valence-electron chi connectivity index (χ3n) is 9.41. The number of ether oxygens (including phenoxy) is 2. The maximum Gasteiger partial charge on any atom is 0.200 e. The van der Waals surface area contributed by atoms with E-state index in [1.165, 1.54) is 6.07 Å². The number of allylic oxidation sites excluding steroid dienone is 4. The average molecular weight is 550 g/mol. The Balaban J connectivity index is 1.70. The van der Waals surface area contributed by atoms with Gasteiger partial charge in [-0.1, -0.05) is 29.4 Å². The Hall–Kier alpha value is -2.90. The molecule has 1 aromatic rings. The smallest absolute Gasteiger partial charge is 0.200 e. The number of ketones is 2. The van der Waals surface area contributed by atoms with E-state index in [1.54, 1.807) is 0 Å². The summed E-state index contributed by atoms with van der Waals surface area (Å²) in [5.41, 5.74) is 0.126. The number of nitrogens with zero attached hydrogens (tertiary/aromatic N) is 1. The van der Waals surface area contributed by atoms with Crippen LogP contribution in [0.3, 0.4) is 0 Å². The highest BCUT2D eigenvalue weighted by atomic mass is 16.6. The molecule has 1 unspecified atom stereocenters. The maximum atomic E-state index is 14.4. The third kappa shape index (κ3) is 3.92. The van der Waals surface area contributed by atoms with E-state index in [9.17, 15) is 19.8 Å². The van der Waals surface area contributed by atoms with Crippen LogP contribution in [0, 0.1) is 17.8 Å². The topological polar surface area (TPSA) is 96.3 Å². The Morgan fingerprint density at radius 1 is 1.07 bits per heavy atom. The largest absolute Gasteiger partial charge is 0.507 e. The van der Waals surface area contributed by atoms with Crippen LogP contribution in [-0.2, 0) is 16.0 Å². The van der Waals surface area contributed by atoms with Crippen molar-refractivity contribution in [2.24, 2.45) is 17.8 Å². The highest BCUT2D eigenvalue weighted by Crippen LogP contribution is 2.65. The summed E-state index contributed by atoms with van der Waals surface area (Å²) in [5, 5.41) is 22.2. The summed E-state index contributed by atoms with van der Waals surface area (Å²) in [4.78, 5) is 31.1. The molecule has 2 N–H and O–H groups in total. The number of phenolic OH excluding ortho intramolecular Hbond substituents is 2. The number of fused-ring (bicyclic) bond motifs is 1. The molecule has 5 aliphatic rings. The van der Waals surface area contributed by atoms with E-state index in [2.05, 4.69) is 32.6 Å². The number of hydrogen-bond acceptors (Lipinski definition) is 7. The van der Waals surface area contributed by atoms with Gasteiger partial charge in [0.1, 0.15) is 22.8 Å². The molecule has 1 spiro atoms. The first-order valence-electron chi connectivity index (χ1n) is 14.5. The SMILES string of the molecule is CC(C)=CCc1c(O)cc2c(c1O)C(=O)C1=C[C@H]3C(=O)C4(CC=C(C)C)OC[C@H]([C@H]3CN(C(C)C)C(C)C)[C@]14O2. The number of Topliss-reactive ketones (excluding diaryl/α,β-unsaturated/α-hetero) is 2. The first-order chi connectivity index (χ1) is 18.8. The zero-order chi connectivity index (χ0) is 29.3. The second kappa shape index (κ2) is 9.88. The van der Waals surface area contributed by atoms with Gasteiger partial charge in [-0.25, -0.2) is 0 Å². The molecule has 1 saturated heterocycles. The molecule has 2 aliphatic heterocycles. The second-order valence-corrected chi connectivity index (χ2v) is 13.0. The monoisotopic (exact) mass is 549 g/mol. The molecule has 2 fully saturated rings. The van der Waals surface area contributed by atoms with Gasteiger partial charge in [-0.3, -0.25) is 14.5 Å². The van der Waals surface area contributed by atoms with Crippen LogP contribution in [0.4, 0.5) is 0 Å². The summed E-state index contributed by atoms with van der Waals surface area (Å²) in [6.45, 7) is 17.4. The van der Waals surface area contributed by atoms with Crippen molar-refractivity contribution in [3.05, 3.63) is 52.1 Å². The summed E-state index contributed by atoms with van der Waals surface area (Å²) in [7, 11) is 0. The fourth-order valence-corrected chi connectivity index (χ4v) is 7.48. The lowest BCUT2D eigenvalue weighted by atomic mass is 9.49. The van der Waals surface area contributed by atoms with E-state index >= 15 is 0 Å². The molecule has 4 bridgehead atoms. The maximum absolute atomic E-state index is 14.4. The van der Waals surface area contributed by atoms with Crippen LogP contribution < -0.4 is 4.74 Å². The number of benzene rings is 1. The van der Waals surface area contributed by atoms with Crippen molar-refractivity contribution in [2.45, 2.75) is 91.5 Å². The van der Waals surface area contributed by atoms with Crippen LogP contribution in [0.2, 0.25) is 0 Å². The van der Waals surface area contributed by atoms with E-state index in [1.807, 2.05) is 45.9 Å². The first-order valence-corrected chi connectivity index (χ1v) is 14.5. The summed E-state index contributed by atoms with van der Waals surface area (Å²) in [5.74, 6) is -1.55. The van der Waals surface area contributed by atoms with Crippen molar-refractivity contribution in [1.82, 2.24) is 4.90 Å². The second-order valence-electron chi connectivity index (χ2n) is 13.0. The predicted octanol–water partition coefficient (Wildman–Crippen LogP) is 5.54. The van der Waals surface area contributed by atoms with Crippen molar-refractivity contribution in [2.75, 3.05) is 13.2 Å². The third-order valence-corrected chi connectivity index (χ3v) is 9.41.